The van der Waals surface area contributed by atoms with Crippen LogP contribution in [0, 0.1) is 121 Å². The fraction of sp³-hybridized carbons (Fsp3) is 0.571. The van der Waals surface area contributed by atoms with Crippen LogP contribution in [0.5, 0.6) is 0 Å². The average Bonchev–Trinajstić information content (AvgIpc) is 1.65. The van der Waals surface area contributed by atoms with Crippen molar-refractivity contribution in [3.05, 3.63) is 206 Å². The zero-order valence-corrected chi connectivity index (χ0v) is 67.4. The molecule has 0 bridgehead atoms. The average molecular weight is 1380 g/mol. The van der Waals surface area contributed by atoms with E-state index in [1.165, 1.54) is 173 Å². The van der Waals surface area contributed by atoms with Crippen LogP contribution >= 0.6 is 23.5 Å². The lowest BCUT2D eigenvalue weighted by Crippen LogP contribution is -2.31. The van der Waals surface area contributed by atoms with E-state index >= 15 is 0 Å². The lowest BCUT2D eigenvalue weighted by molar-refractivity contribution is -0.187. The number of hydrogen-bond acceptors (Lipinski definition) is 7. The summed E-state index contributed by atoms with van der Waals surface area (Å²) < 4.78 is 21.5. The Kier molecular flexibility index (Phi) is 37.1. The Labute approximate surface area is 614 Å². The molecule has 6 fully saturated rings. The van der Waals surface area contributed by atoms with Gasteiger partial charge in [0.25, 0.3) is 0 Å². The molecule has 5 nitrogen and oxygen atoms in total. The second kappa shape index (κ2) is 44.1. The normalized spacial score (nSPS) is 24.8. The van der Waals surface area contributed by atoms with Crippen LogP contribution in [-0.2, 0) is 38.0 Å². The Morgan fingerprint density at radius 3 is 1.19 bits per heavy atom. The van der Waals surface area contributed by atoms with Crippen LogP contribution in [0.3, 0.4) is 0 Å². The molecule has 8 heteroatoms. The zero-order chi connectivity index (χ0) is 72.0. The molecule has 4 heterocycles. The maximum Gasteiger partial charge on any atom is 0.453 e. The molecule has 5 aliphatic carbocycles. The van der Waals surface area contributed by atoms with Gasteiger partial charge in [-0.15, -0.1) is 23.5 Å². The van der Waals surface area contributed by atoms with Gasteiger partial charge in [-0.05, 0) is 255 Å². The van der Waals surface area contributed by atoms with Crippen molar-refractivity contribution in [1.29, 1.82) is 0 Å². The third kappa shape index (κ3) is 32.3. The van der Waals surface area contributed by atoms with Gasteiger partial charge in [0.2, 0.25) is 0 Å². The van der Waals surface area contributed by atoms with Crippen LogP contribution in [0.15, 0.2) is 134 Å². The van der Waals surface area contributed by atoms with E-state index in [0.29, 0.717) is 11.8 Å². The van der Waals surface area contributed by atoms with Gasteiger partial charge >= 0.3 is 7.12 Å². The van der Waals surface area contributed by atoms with Crippen LogP contribution < -0.4 is 0 Å². The van der Waals surface area contributed by atoms with Crippen molar-refractivity contribution in [1.82, 2.24) is 4.98 Å². The molecule has 6 aromatic carbocycles. The molecular formula is C91H134BNO4S2. The molecule has 1 aromatic heterocycles. The minimum absolute atomic E-state index is 0.0196. The van der Waals surface area contributed by atoms with Gasteiger partial charge in [-0.2, -0.15) is 0 Å². The van der Waals surface area contributed by atoms with E-state index in [0.717, 1.165) is 90.5 Å². The lowest BCUT2D eigenvalue weighted by atomic mass is 9.65. The van der Waals surface area contributed by atoms with Gasteiger partial charge in [0.1, 0.15) is 0 Å². The first kappa shape index (κ1) is 83.3. The summed E-state index contributed by atoms with van der Waals surface area (Å²) in [6.07, 6.45) is 22.0. The van der Waals surface area contributed by atoms with Crippen LogP contribution in [-0.4, -0.2) is 60.9 Å². The predicted molar refractivity (Wildman–Crippen MR) is 436 cm³/mol. The first-order chi connectivity index (χ1) is 47.2. The minimum Gasteiger partial charge on any atom is -0.411 e. The van der Waals surface area contributed by atoms with E-state index < -0.39 is 0 Å². The van der Waals surface area contributed by atoms with Crippen molar-refractivity contribution >= 4 is 41.4 Å². The number of benzene rings is 6. The van der Waals surface area contributed by atoms with Crippen molar-refractivity contribution in [2.45, 2.75) is 239 Å². The van der Waals surface area contributed by atoms with Crippen molar-refractivity contribution in [2.24, 2.45) is 59.2 Å². The van der Waals surface area contributed by atoms with Crippen LogP contribution in [0.25, 0.3) is 21.9 Å². The molecule has 3 saturated heterocycles. The summed E-state index contributed by atoms with van der Waals surface area (Å²) in [6, 6.07) is 46.1. The summed E-state index contributed by atoms with van der Waals surface area (Å²) in [5.41, 5.74) is 20.7. The Bertz CT molecular complexity index is 3060. The molecule has 0 spiro atoms. The lowest BCUT2D eigenvalue weighted by Gasteiger charge is -2.40. The van der Waals surface area contributed by atoms with E-state index in [1.807, 2.05) is 39.9 Å². The molecule has 15 rings (SSSR count). The number of aryl methyl sites for hydroxylation is 10. The number of fused-ring (bicyclic) bond motifs is 6. The zero-order valence-electron chi connectivity index (χ0n) is 65.7. The van der Waals surface area contributed by atoms with Crippen LogP contribution in [0.1, 0.15) is 212 Å². The highest BCUT2D eigenvalue weighted by Crippen LogP contribution is 2.44. The fourth-order valence-corrected chi connectivity index (χ4v) is 16.4. The number of aromatic nitrogens is 1. The Hall–Kier alpha value is -4.67. The molecule has 0 radical (unpaired) electrons. The molecule has 3 aliphatic heterocycles. The second-order valence-electron chi connectivity index (χ2n) is 31.8. The molecule has 542 valence electrons. The van der Waals surface area contributed by atoms with Crippen LogP contribution in [0.2, 0.25) is 6.82 Å². The molecule has 0 N–H and O–H groups in total. The molecule has 3 saturated carbocycles. The number of thioether (sulfide) groups is 2. The smallest absolute Gasteiger partial charge is 0.411 e. The van der Waals surface area contributed by atoms with Gasteiger partial charge in [-0.25, -0.2) is 0 Å². The van der Waals surface area contributed by atoms with Gasteiger partial charge in [0.05, 0.1) is 13.2 Å². The fourth-order valence-electron chi connectivity index (χ4n) is 14.0. The van der Waals surface area contributed by atoms with Gasteiger partial charge in [0, 0.05) is 35.6 Å². The minimum atomic E-state index is 0.0196. The monoisotopic (exact) mass is 1380 g/mol. The molecule has 0 amide bonds. The summed E-state index contributed by atoms with van der Waals surface area (Å²) >= 11 is 4.18. The highest BCUT2D eigenvalue weighted by atomic mass is 32.2. The first-order valence-electron chi connectivity index (χ1n) is 38.6. The van der Waals surface area contributed by atoms with E-state index in [-0.39, 0.29) is 13.4 Å². The van der Waals surface area contributed by atoms with E-state index in [9.17, 15) is 0 Å². The van der Waals surface area contributed by atoms with Crippen molar-refractivity contribution in [2.75, 3.05) is 37.9 Å². The van der Waals surface area contributed by atoms with Crippen molar-refractivity contribution in [3.63, 3.8) is 0 Å². The van der Waals surface area contributed by atoms with Gasteiger partial charge in [-0.3, -0.25) is 4.98 Å². The van der Waals surface area contributed by atoms with Gasteiger partial charge in [-0.1, -0.05) is 254 Å². The van der Waals surface area contributed by atoms with E-state index in [2.05, 4.69) is 261 Å². The maximum atomic E-state index is 5.17. The van der Waals surface area contributed by atoms with Gasteiger partial charge < -0.3 is 18.8 Å². The highest BCUT2D eigenvalue weighted by molar-refractivity contribution is 8.17. The standard InChI is InChI=1S/C15H14.C12H22.C12H16.C12H12.C8H16.C8H10.C7H9N.C6H12O2.C6H12S2.C5H11BO2/c1-10-3-5-12-9-13-6-4-11(2)8-15(13)14(12)7-10;3*1-9-3-5-12-8-10(2)4-6-11(12)7-9;2*1-7-3-5-8(2)6-4-7;1-6-3-4-7(2)8-5-6;3*1-5-3-7-6(2)8-4-5/h3-8H,9H2,1-2H3;9-12H,3-8H2,1-2H3;3,5,7,10H,4,6,8H2,1-2H3;3-8H,1-2H3;7-8H,3-6H2,1-2H3;3-6H,1-2H3;3-5H,1-2H3;2*5-6H,3-4H2,1-2H3;5H,3-4H2,1-2H3. The van der Waals surface area contributed by atoms with Crippen LogP contribution in [0.4, 0.5) is 0 Å². The number of nitrogens with zero attached hydrogens (tertiary/aromatic N) is 1. The second-order valence-corrected chi connectivity index (χ2v) is 34.9. The van der Waals surface area contributed by atoms with E-state index in [1.54, 1.807) is 11.1 Å². The number of pyridine rings is 1. The summed E-state index contributed by atoms with van der Waals surface area (Å²) in [5, 5.41) is 2.67. The third-order valence-electron chi connectivity index (χ3n) is 20.6. The number of hydrogen-bond donors (Lipinski definition) is 0. The third-order valence-corrected chi connectivity index (χ3v) is 23.9. The SMILES string of the molecule is CB1OCC(C)CO1.CC1CCC(C)CC1.CC1CCC2CC(C)CCC2C1.CC1COC(C)OC1.CC1CSC(C)SC1.Cc1ccc(C)cc1.Cc1ccc(C)nc1.Cc1ccc2c(c1)-c1cc(C)ccc1C2.Cc1ccc2c(c1)CCC(C)C2.Cc1ccc2cc(C)ccc2c1. The summed E-state index contributed by atoms with van der Waals surface area (Å²) in [4.78, 5) is 4.08. The summed E-state index contributed by atoms with van der Waals surface area (Å²) in [7, 11) is 0.0196. The topological polar surface area (TPSA) is 49.8 Å². The number of rotatable bonds is 0. The summed E-state index contributed by atoms with van der Waals surface area (Å²) in [5.74, 6) is 12.0. The highest BCUT2D eigenvalue weighted by Gasteiger charge is 2.33. The van der Waals surface area contributed by atoms with E-state index in [4.69, 9.17) is 18.8 Å². The van der Waals surface area contributed by atoms with Crippen molar-refractivity contribution in [3.8, 4) is 11.1 Å². The molecule has 5 unspecified atom stereocenters. The molecule has 99 heavy (non-hydrogen) atoms. The Morgan fingerprint density at radius 1 is 0.364 bits per heavy atom. The molecule has 7 aromatic rings. The molecule has 5 atom stereocenters. The largest absolute Gasteiger partial charge is 0.453 e. The maximum absolute atomic E-state index is 5.17. The number of ether oxygens (including phenoxy) is 2. The predicted octanol–water partition coefficient (Wildman–Crippen LogP) is 25.4. The first-order valence-corrected chi connectivity index (χ1v) is 40.7. The Morgan fingerprint density at radius 2 is 0.768 bits per heavy atom. The summed E-state index contributed by atoms with van der Waals surface area (Å²) in [6.45, 7) is 47.0. The molecule has 8 aliphatic rings. The Balaban J connectivity index is 0.000000175. The molecular weight excluding hydrogens is 1250 g/mol. The quantitative estimate of drug-likeness (QED) is 0.140. The van der Waals surface area contributed by atoms with Crippen molar-refractivity contribution < 1.29 is 18.8 Å². The van der Waals surface area contributed by atoms with Gasteiger partial charge in [0.15, 0.2) is 6.29 Å².